The highest BCUT2D eigenvalue weighted by atomic mass is 16.2. The van der Waals surface area contributed by atoms with Gasteiger partial charge in [-0.3, -0.25) is 9.59 Å². The fourth-order valence-corrected chi connectivity index (χ4v) is 3.53. The largest absolute Gasteiger partial charge is 0.325 e. The first-order chi connectivity index (χ1) is 12.5. The monoisotopic (exact) mass is 352 g/mol. The van der Waals surface area contributed by atoms with E-state index in [1.165, 1.54) is 0 Å². The zero-order valence-electron chi connectivity index (χ0n) is 14.9. The smallest absolute Gasteiger partial charge is 0.275 e. The van der Waals surface area contributed by atoms with Crippen molar-refractivity contribution < 1.29 is 4.79 Å². The van der Waals surface area contributed by atoms with Crippen LogP contribution < -0.4 is 5.56 Å². The number of hydrogen-bond donors (Lipinski definition) is 1. The number of carbonyl (C=O) groups is 1. The molecule has 0 saturated heterocycles. The second-order valence-corrected chi connectivity index (χ2v) is 6.84. The molecule has 1 aromatic carbocycles. The van der Waals surface area contributed by atoms with E-state index in [9.17, 15) is 9.59 Å². The number of nitrogens with one attached hydrogen (secondary N) is 1. The Morgan fingerprint density at radius 1 is 1.19 bits per heavy atom. The van der Waals surface area contributed by atoms with Gasteiger partial charge in [-0.15, -0.1) is 10.2 Å². The van der Waals surface area contributed by atoms with E-state index in [-0.39, 0.29) is 29.1 Å². The van der Waals surface area contributed by atoms with Crippen LogP contribution in [0.15, 0.2) is 29.1 Å². The summed E-state index contributed by atoms with van der Waals surface area (Å²) in [6, 6.07) is 6.79. The lowest BCUT2D eigenvalue weighted by Gasteiger charge is -2.33. The minimum Gasteiger partial charge on any atom is -0.325 e. The molecule has 26 heavy (non-hydrogen) atoms. The number of carbonyl (C=O) groups excluding carboxylic acids is 1. The molecule has 8 heteroatoms. The molecule has 0 saturated carbocycles. The van der Waals surface area contributed by atoms with Crippen molar-refractivity contribution in [1.82, 2.24) is 29.9 Å². The van der Waals surface area contributed by atoms with Crippen molar-refractivity contribution in [3.05, 3.63) is 52.0 Å². The maximum Gasteiger partial charge on any atom is 0.275 e. The van der Waals surface area contributed by atoms with Crippen molar-refractivity contribution in [1.29, 1.82) is 0 Å². The number of aromatic nitrogens is 5. The summed E-state index contributed by atoms with van der Waals surface area (Å²) in [5.41, 5.74) is -0.0470. The van der Waals surface area contributed by atoms with Gasteiger partial charge in [-0.25, -0.2) is 5.10 Å². The summed E-state index contributed by atoms with van der Waals surface area (Å²) in [6.07, 6.45) is 0. The Morgan fingerprint density at radius 3 is 2.65 bits per heavy atom. The van der Waals surface area contributed by atoms with Gasteiger partial charge in [-0.1, -0.05) is 32.0 Å². The summed E-state index contributed by atoms with van der Waals surface area (Å²) >= 11 is 0. The van der Waals surface area contributed by atoms with Gasteiger partial charge in [-0.05, 0) is 13.0 Å². The van der Waals surface area contributed by atoms with Crippen molar-refractivity contribution in [3.63, 3.8) is 0 Å². The maximum absolute atomic E-state index is 13.2. The molecule has 1 atom stereocenters. The standard InChI is InChI=1S/C18H20N6O2/c1-10(2)15-20-21-16-11(3)23(8-9-24(15)16)18(26)14-12-6-4-5-7-13(12)17(25)22-19-14/h4-7,10-11H,8-9H2,1-3H3,(H,22,25). The molecule has 1 aliphatic rings. The fraction of sp³-hybridized carbons (Fsp3) is 0.389. The minimum atomic E-state index is -0.301. The van der Waals surface area contributed by atoms with Crippen molar-refractivity contribution in [2.24, 2.45) is 0 Å². The second-order valence-electron chi connectivity index (χ2n) is 6.84. The van der Waals surface area contributed by atoms with Crippen LogP contribution >= 0.6 is 0 Å². The van der Waals surface area contributed by atoms with Crippen LogP contribution in [0.4, 0.5) is 0 Å². The molecule has 1 N–H and O–H groups in total. The van der Waals surface area contributed by atoms with E-state index < -0.39 is 0 Å². The Balaban J connectivity index is 1.74. The van der Waals surface area contributed by atoms with Crippen LogP contribution in [0.1, 0.15) is 54.9 Å². The molecule has 3 aromatic rings. The van der Waals surface area contributed by atoms with E-state index in [1.54, 1.807) is 29.2 Å². The summed E-state index contributed by atoms with van der Waals surface area (Å²) in [7, 11) is 0. The normalized spacial score (nSPS) is 16.9. The van der Waals surface area contributed by atoms with Crippen molar-refractivity contribution in [3.8, 4) is 0 Å². The Bertz CT molecular complexity index is 1050. The predicted octanol–water partition coefficient (Wildman–Crippen LogP) is 1.85. The van der Waals surface area contributed by atoms with E-state index in [0.29, 0.717) is 23.9 Å². The van der Waals surface area contributed by atoms with Crippen LogP contribution in [-0.2, 0) is 6.54 Å². The van der Waals surface area contributed by atoms with Gasteiger partial charge in [0.15, 0.2) is 11.5 Å². The lowest BCUT2D eigenvalue weighted by atomic mass is 10.1. The molecule has 2 aromatic heterocycles. The first-order valence-electron chi connectivity index (χ1n) is 8.70. The van der Waals surface area contributed by atoms with Crippen molar-refractivity contribution in [2.75, 3.05) is 6.54 Å². The average molecular weight is 352 g/mol. The number of rotatable bonds is 2. The topological polar surface area (TPSA) is 96.8 Å². The van der Waals surface area contributed by atoms with E-state index in [0.717, 1.165) is 11.6 Å². The summed E-state index contributed by atoms with van der Waals surface area (Å²) in [6.45, 7) is 7.29. The Morgan fingerprint density at radius 2 is 1.92 bits per heavy atom. The summed E-state index contributed by atoms with van der Waals surface area (Å²) in [5.74, 6) is 1.77. The van der Waals surface area contributed by atoms with Gasteiger partial charge in [0.2, 0.25) is 0 Å². The van der Waals surface area contributed by atoms with Crippen LogP contribution in [0.3, 0.4) is 0 Å². The van der Waals surface area contributed by atoms with Crippen LogP contribution in [-0.4, -0.2) is 42.3 Å². The molecule has 4 rings (SSSR count). The van der Waals surface area contributed by atoms with Gasteiger partial charge < -0.3 is 9.47 Å². The molecular weight excluding hydrogens is 332 g/mol. The Kier molecular flexibility index (Phi) is 3.82. The fourth-order valence-electron chi connectivity index (χ4n) is 3.53. The van der Waals surface area contributed by atoms with Crippen LogP contribution in [0.2, 0.25) is 0 Å². The molecule has 0 bridgehead atoms. The quantitative estimate of drug-likeness (QED) is 0.759. The van der Waals surface area contributed by atoms with Crippen LogP contribution in [0.25, 0.3) is 10.8 Å². The summed E-state index contributed by atoms with van der Waals surface area (Å²) in [5, 5.41) is 16.1. The third-order valence-corrected chi connectivity index (χ3v) is 4.89. The molecule has 0 radical (unpaired) electrons. The number of nitrogens with zero attached hydrogens (tertiary/aromatic N) is 5. The number of aromatic amines is 1. The molecule has 1 aliphatic heterocycles. The van der Waals surface area contributed by atoms with Gasteiger partial charge in [-0.2, -0.15) is 5.10 Å². The van der Waals surface area contributed by atoms with E-state index in [1.807, 2.05) is 6.92 Å². The minimum absolute atomic E-state index is 0.217. The number of H-pyrrole nitrogens is 1. The number of benzene rings is 1. The van der Waals surface area contributed by atoms with Gasteiger partial charge in [0.1, 0.15) is 5.82 Å². The highest BCUT2D eigenvalue weighted by Gasteiger charge is 2.33. The van der Waals surface area contributed by atoms with Crippen molar-refractivity contribution >= 4 is 16.7 Å². The van der Waals surface area contributed by atoms with E-state index in [2.05, 4.69) is 38.8 Å². The first kappa shape index (κ1) is 16.4. The van der Waals surface area contributed by atoms with E-state index >= 15 is 0 Å². The lowest BCUT2D eigenvalue weighted by Crippen LogP contribution is -2.42. The van der Waals surface area contributed by atoms with Gasteiger partial charge in [0, 0.05) is 24.4 Å². The van der Waals surface area contributed by atoms with Crippen molar-refractivity contribution in [2.45, 2.75) is 39.3 Å². The highest BCUT2D eigenvalue weighted by Crippen LogP contribution is 2.28. The SMILES string of the molecule is CC(C)c1nnc2n1CCN(C(=O)c1n[nH]c(=O)c3ccccc13)C2C. The molecule has 0 fully saturated rings. The van der Waals surface area contributed by atoms with Gasteiger partial charge >= 0.3 is 0 Å². The molecule has 3 heterocycles. The highest BCUT2D eigenvalue weighted by molar-refractivity contribution is 6.04. The van der Waals surface area contributed by atoms with E-state index in [4.69, 9.17) is 0 Å². The number of amides is 1. The zero-order valence-corrected chi connectivity index (χ0v) is 14.9. The zero-order chi connectivity index (χ0) is 18.4. The third-order valence-electron chi connectivity index (χ3n) is 4.89. The predicted molar refractivity (Wildman–Crippen MR) is 95.9 cm³/mol. The molecule has 1 amide bonds. The molecule has 1 unspecified atom stereocenters. The Hall–Kier alpha value is -3.03. The molecule has 0 aliphatic carbocycles. The lowest BCUT2D eigenvalue weighted by molar-refractivity contribution is 0.0631. The molecule has 134 valence electrons. The maximum atomic E-state index is 13.2. The molecule has 8 nitrogen and oxygen atoms in total. The second kappa shape index (κ2) is 6.05. The van der Waals surface area contributed by atoms with Gasteiger partial charge in [0.25, 0.3) is 11.5 Å². The first-order valence-corrected chi connectivity index (χ1v) is 8.70. The molecule has 0 spiro atoms. The third kappa shape index (κ3) is 2.40. The van der Waals surface area contributed by atoms with Crippen LogP contribution in [0.5, 0.6) is 0 Å². The molecular formula is C18H20N6O2. The number of fused-ring (bicyclic) bond motifs is 2. The summed E-state index contributed by atoms with van der Waals surface area (Å²) in [4.78, 5) is 26.9. The Labute approximate surface area is 149 Å². The van der Waals surface area contributed by atoms with Crippen LogP contribution in [0, 0.1) is 0 Å². The average Bonchev–Trinajstić information content (AvgIpc) is 3.07. The van der Waals surface area contributed by atoms with Gasteiger partial charge in [0.05, 0.1) is 11.4 Å². The summed E-state index contributed by atoms with van der Waals surface area (Å²) < 4.78 is 2.09. The number of hydrogen-bond acceptors (Lipinski definition) is 5.